The van der Waals surface area contributed by atoms with Gasteiger partial charge in [-0.25, -0.2) is 9.37 Å². The molecule has 0 aliphatic carbocycles. The van der Waals surface area contributed by atoms with Crippen LogP contribution in [0.2, 0.25) is 0 Å². The standard InChI is InChI=1S/C13H9FN2O/c14-10-5-2-6-11-12(10)16-13(15-11)8-3-1-4-9(17)7-8/h1-7,17H,(H,15,16). The topological polar surface area (TPSA) is 48.9 Å². The van der Waals surface area contributed by atoms with Crippen LogP contribution in [0.1, 0.15) is 0 Å². The van der Waals surface area contributed by atoms with Gasteiger partial charge in [-0.2, -0.15) is 0 Å². The highest BCUT2D eigenvalue weighted by Gasteiger charge is 2.08. The summed E-state index contributed by atoms with van der Waals surface area (Å²) in [7, 11) is 0. The first-order valence-electron chi connectivity index (χ1n) is 5.18. The fourth-order valence-corrected chi connectivity index (χ4v) is 1.79. The van der Waals surface area contributed by atoms with Gasteiger partial charge in [0.2, 0.25) is 0 Å². The summed E-state index contributed by atoms with van der Waals surface area (Å²) in [6, 6.07) is 11.4. The smallest absolute Gasteiger partial charge is 0.151 e. The Morgan fingerprint density at radius 1 is 1.12 bits per heavy atom. The first kappa shape index (κ1) is 9.84. The summed E-state index contributed by atoms with van der Waals surface area (Å²) in [6.45, 7) is 0. The predicted octanol–water partition coefficient (Wildman–Crippen LogP) is 3.07. The quantitative estimate of drug-likeness (QED) is 0.672. The molecule has 3 nitrogen and oxygen atoms in total. The lowest BCUT2D eigenvalue weighted by Gasteiger charge is -1.96. The second-order valence-electron chi connectivity index (χ2n) is 3.77. The average Bonchev–Trinajstić information content (AvgIpc) is 2.74. The number of aromatic amines is 1. The molecular formula is C13H9FN2O. The van der Waals surface area contributed by atoms with Crippen molar-refractivity contribution >= 4 is 11.0 Å². The SMILES string of the molecule is Oc1cccc(-c2nc3c(F)cccc3[nH]2)c1. The van der Waals surface area contributed by atoms with Crippen molar-refractivity contribution in [3.63, 3.8) is 0 Å². The highest BCUT2D eigenvalue weighted by atomic mass is 19.1. The highest BCUT2D eigenvalue weighted by molar-refractivity contribution is 5.79. The number of para-hydroxylation sites is 1. The van der Waals surface area contributed by atoms with Crippen LogP contribution < -0.4 is 0 Å². The van der Waals surface area contributed by atoms with Gasteiger partial charge in [0.1, 0.15) is 17.1 Å². The summed E-state index contributed by atoms with van der Waals surface area (Å²) in [5.41, 5.74) is 1.68. The summed E-state index contributed by atoms with van der Waals surface area (Å²) in [4.78, 5) is 7.20. The van der Waals surface area contributed by atoms with E-state index in [1.165, 1.54) is 6.07 Å². The Morgan fingerprint density at radius 2 is 1.94 bits per heavy atom. The van der Waals surface area contributed by atoms with Crippen LogP contribution in [0.15, 0.2) is 42.5 Å². The summed E-state index contributed by atoms with van der Waals surface area (Å²) >= 11 is 0. The van der Waals surface area contributed by atoms with E-state index in [2.05, 4.69) is 9.97 Å². The van der Waals surface area contributed by atoms with Crippen LogP contribution in [0.4, 0.5) is 4.39 Å². The average molecular weight is 228 g/mol. The number of benzene rings is 2. The molecule has 0 aliphatic rings. The number of hydrogen-bond acceptors (Lipinski definition) is 2. The van der Waals surface area contributed by atoms with E-state index < -0.39 is 0 Å². The van der Waals surface area contributed by atoms with E-state index in [0.29, 0.717) is 16.9 Å². The Balaban J connectivity index is 2.22. The van der Waals surface area contributed by atoms with Gasteiger partial charge in [-0.3, -0.25) is 0 Å². The molecular weight excluding hydrogens is 219 g/mol. The molecule has 2 N–H and O–H groups in total. The molecule has 84 valence electrons. The van der Waals surface area contributed by atoms with Gasteiger partial charge >= 0.3 is 0 Å². The lowest BCUT2D eigenvalue weighted by molar-refractivity contribution is 0.475. The minimum atomic E-state index is -0.356. The number of phenolic OH excluding ortho intramolecular Hbond substituents is 1. The zero-order valence-corrected chi connectivity index (χ0v) is 8.81. The molecule has 0 radical (unpaired) electrons. The number of H-pyrrole nitrogens is 1. The molecule has 3 aromatic rings. The van der Waals surface area contributed by atoms with Gasteiger partial charge in [0.15, 0.2) is 5.82 Å². The van der Waals surface area contributed by atoms with Crippen LogP contribution in [-0.2, 0) is 0 Å². The molecule has 0 fully saturated rings. The van der Waals surface area contributed by atoms with Crippen molar-refractivity contribution in [1.29, 1.82) is 0 Å². The molecule has 0 aliphatic heterocycles. The monoisotopic (exact) mass is 228 g/mol. The maximum absolute atomic E-state index is 13.5. The number of aromatic nitrogens is 2. The van der Waals surface area contributed by atoms with Gasteiger partial charge in [-0.1, -0.05) is 18.2 Å². The third-order valence-corrected chi connectivity index (χ3v) is 2.58. The summed E-state index contributed by atoms with van der Waals surface area (Å²) in [5, 5.41) is 9.39. The Labute approximate surface area is 96.6 Å². The van der Waals surface area contributed by atoms with Gasteiger partial charge < -0.3 is 10.1 Å². The number of imidazole rings is 1. The van der Waals surface area contributed by atoms with Crippen LogP contribution in [0, 0.1) is 5.82 Å². The molecule has 1 aromatic heterocycles. The number of fused-ring (bicyclic) bond motifs is 1. The molecule has 1 heterocycles. The van der Waals surface area contributed by atoms with Crippen LogP contribution in [0.25, 0.3) is 22.4 Å². The first-order valence-corrected chi connectivity index (χ1v) is 5.18. The number of nitrogens with zero attached hydrogens (tertiary/aromatic N) is 1. The second-order valence-corrected chi connectivity index (χ2v) is 3.77. The number of halogens is 1. The summed E-state index contributed by atoms with van der Waals surface area (Å²) in [6.07, 6.45) is 0. The van der Waals surface area contributed by atoms with Crippen molar-refractivity contribution in [3.8, 4) is 17.1 Å². The zero-order chi connectivity index (χ0) is 11.8. The second kappa shape index (κ2) is 3.59. The van der Waals surface area contributed by atoms with Crippen molar-refractivity contribution in [1.82, 2.24) is 9.97 Å². The van der Waals surface area contributed by atoms with Crippen molar-refractivity contribution < 1.29 is 9.50 Å². The lowest BCUT2D eigenvalue weighted by Crippen LogP contribution is -1.79. The van der Waals surface area contributed by atoms with Crippen LogP contribution in [-0.4, -0.2) is 15.1 Å². The molecule has 3 rings (SSSR count). The number of rotatable bonds is 1. The Bertz CT molecular complexity index is 691. The number of aromatic hydroxyl groups is 1. The minimum Gasteiger partial charge on any atom is -0.508 e. The first-order chi connectivity index (χ1) is 8.24. The Morgan fingerprint density at radius 3 is 2.71 bits per heavy atom. The maximum Gasteiger partial charge on any atom is 0.151 e. The lowest BCUT2D eigenvalue weighted by atomic mass is 10.2. The molecule has 2 aromatic carbocycles. The van der Waals surface area contributed by atoms with Gasteiger partial charge in [0.25, 0.3) is 0 Å². The minimum absolute atomic E-state index is 0.156. The van der Waals surface area contributed by atoms with E-state index in [1.54, 1.807) is 36.4 Å². The zero-order valence-electron chi connectivity index (χ0n) is 8.81. The molecule has 0 atom stereocenters. The van der Waals surface area contributed by atoms with Gasteiger partial charge in [-0.15, -0.1) is 0 Å². The molecule has 0 saturated heterocycles. The fourth-order valence-electron chi connectivity index (χ4n) is 1.79. The van der Waals surface area contributed by atoms with Crippen molar-refractivity contribution in [2.75, 3.05) is 0 Å². The van der Waals surface area contributed by atoms with Crippen LogP contribution in [0.3, 0.4) is 0 Å². The summed E-state index contributed by atoms with van der Waals surface area (Å²) in [5.74, 6) is 0.342. The normalized spacial score (nSPS) is 10.9. The predicted molar refractivity (Wildman–Crippen MR) is 63.2 cm³/mol. The van der Waals surface area contributed by atoms with E-state index >= 15 is 0 Å². The third kappa shape index (κ3) is 1.63. The van der Waals surface area contributed by atoms with Gasteiger partial charge in [0, 0.05) is 5.56 Å². The van der Waals surface area contributed by atoms with E-state index in [9.17, 15) is 9.50 Å². The number of nitrogens with one attached hydrogen (secondary N) is 1. The molecule has 0 unspecified atom stereocenters. The largest absolute Gasteiger partial charge is 0.508 e. The van der Waals surface area contributed by atoms with E-state index in [-0.39, 0.29) is 11.6 Å². The van der Waals surface area contributed by atoms with Gasteiger partial charge in [0.05, 0.1) is 5.52 Å². The Hall–Kier alpha value is -2.36. The van der Waals surface area contributed by atoms with E-state index in [0.717, 1.165) is 5.56 Å². The van der Waals surface area contributed by atoms with Crippen molar-refractivity contribution in [2.45, 2.75) is 0 Å². The van der Waals surface area contributed by atoms with Crippen LogP contribution in [0.5, 0.6) is 5.75 Å². The van der Waals surface area contributed by atoms with Gasteiger partial charge in [-0.05, 0) is 24.3 Å². The number of hydrogen-bond donors (Lipinski definition) is 2. The maximum atomic E-state index is 13.5. The molecule has 0 saturated carbocycles. The summed E-state index contributed by atoms with van der Waals surface area (Å²) < 4.78 is 13.5. The van der Waals surface area contributed by atoms with Crippen LogP contribution >= 0.6 is 0 Å². The van der Waals surface area contributed by atoms with Crippen molar-refractivity contribution in [3.05, 3.63) is 48.3 Å². The van der Waals surface area contributed by atoms with E-state index in [4.69, 9.17) is 0 Å². The molecule has 17 heavy (non-hydrogen) atoms. The molecule has 0 spiro atoms. The molecule has 0 bridgehead atoms. The van der Waals surface area contributed by atoms with E-state index in [1.807, 2.05) is 0 Å². The molecule has 0 amide bonds. The van der Waals surface area contributed by atoms with Crippen molar-refractivity contribution in [2.24, 2.45) is 0 Å². The Kier molecular flexibility index (Phi) is 2.08. The highest BCUT2D eigenvalue weighted by Crippen LogP contribution is 2.24. The fraction of sp³-hybridized carbons (Fsp3) is 0. The molecule has 4 heteroatoms. The number of phenols is 1. The third-order valence-electron chi connectivity index (χ3n) is 2.58.